The highest BCUT2D eigenvalue weighted by atomic mass is 35.5. The molecule has 0 aromatic carbocycles. The van der Waals surface area contributed by atoms with Crippen LogP contribution in [0.1, 0.15) is 30.5 Å². The van der Waals surface area contributed by atoms with Crippen molar-refractivity contribution in [1.82, 2.24) is 14.9 Å². The Morgan fingerprint density at radius 1 is 1.28 bits per heavy atom. The lowest BCUT2D eigenvalue weighted by Gasteiger charge is -2.38. The molecular weight excluding hydrogens is 338 g/mol. The quantitative estimate of drug-likeness (QED) is 0.673. The number of aromatic nitrogens is 2. The van der Waals surface area contributed by atoms with Crippen LogP contribution in [0.25, 0.3) is 17.0 Å². The first kappa shape index (κ1) is 16.2. The fourth-order valence-electron chi connectivity index (χ4n) is 3.81. The number of rotatable bonds is 0. The molecule has 0 aliphatic carbocycles. The zero-order valence-electron chi connectivity index (χ0n) is 13.8. The van der Waals surface area contributed by atoms with Crippen molar-refractivity contribution in [3.8, 4) is 11.8 Å². The third-order valence-corrected chi connectivity index (χ3v) is 5.50. The zero-order chi connectivity index (χ0) is 17.4. The molecule has 3 fully saturated rings. The van der Waals surface area contributed by atoms with Crippen LogP contribution in [-0.2, 0) is 0 Å². The van der Waals surface area contributed by atoms with Crippen LogP contribution < -0.4 is 5.32 Å². The number of halogens is 1. The molecule has 2 aromatic rings. The minimum atomic E-state index is -0.119. The van der Waals surface area contributed by atoms with Gasteiger partial charge in [-0.1, -0.05) is 11.6 Å². The topological polar surface area (TPSA) is 88.0 Å². The summed E-state index contributed by atoms with van der Waals surface area (Å²) in [5, 5.41) is 23.1. The van der Waals surface area contributed by atoms with Crippen molar-refractivity contribution in [2.24, 2.45) is 5.92 Å². The molecule has 6 heterocycles. The Bertz CT molecular complexity index is 851. The molecule has 6 nitrogen and oxygen atoms in total. The van der Waals surface area contributed by atoms with E-state index in [4.69, 9.17) is 16.9 Å². The molecule has 4 aliphatic rings. The summed E-state index contributed by atoms with van der Waals surface area (Å²) in [5.74, 6) is 1.77. The number of fused-ring (bicyclic) bond motifs is 6. The van der Waals surface area contributed by atoms with Gasteiger partial charge in [-0.3, -0.25) is 0 Å². The Balaban J connectivity index is 0.000000163. The van der Waals surface area contributed by atoms with Gasteiger partial charge in [0.25, 0.3) is 0 Å². The second-order valence-corrected chi connectivity index (χ2v) is 7.27. The smallest absolute Gasteiger partial charge is 0.183 e. The SMILES string of the molecule is C1CN2CCC1CC2.N#Cc1ncc2[nH]c3c(c2c1O)C=C(Cl)CN3. The number of hydrogen-bond donors (Lipinski definition) is 3. The van der Waals surface area contributed by atoms with Crippen LogP contribution in [-0.4, -0.2) is 46.2 Å². The standard InChI is InChI=1S/C11H7ClN4O.C7H13N/c12-5-1-6-9-8(16-11(6)15-3-5)4-14-7(2-13)10(9)17;1-4-8-5-2-7(1)3-6-8/h1,4,15-17H,3H2;7H,1-6H2. The summed E-state index contributed by atoms with van der Waals surface area (Å²) in [6, 6.07) is 1.85. The summed E-state index contributed by atoms with van der Waals surface area (Å²) in [6.45, 7) is 4.72. The molecule has 6 rings (SSSR count). The third kappa shape index (κ3) is 3.06. The largest absolute Gasteiger partial charge is 0.504 e. The van der Waals surface area contributed by atoms with Gasteiger partial charge in [0.2, 0.25) is 0 Å². The number of pyridine rings is 1. The number of nitrogens with zero attached hydrogens (tertiary/aromatic N) is 3. The summed E-state index contributed by atoms with van der Waals surface area (Å²) in [4.78, 5) is 9.53. The number of nitrogens with one attached hydrogen (secondary N) is 2. The highest BCUT2D eigenvalue weighted by Crippen LogP contribution is 2.37. The summed E-state index contributed by atoms with van der Waals surface area (Å²) in [5.41, 5.74) is 1.43. The van der Waals surface area contributed by atoms with Crippen molar-refractivity contribution < 1.29 is 5.11 Å². The van der Waals surface area contributed by atoms with Crippen LogP contribution in [0.5, 0.6) is 5.75 Å². The molecule has 25 heavy (non-hydrogen) atoms. The average molecular weight is 358 g/mol. The third-order valence-electron chi connectivity index (χ3n) is 5.25. The summed E-state index contributed by atoms with van der Waals surface area (Å²) in [7, 11) is 0. The van der Waals surface area contributed by atoms with Crippen molar-refractivity contribution in [2.45, 2.75) is 19.3 Å². The molecule has 3 N–H and O–H groups in total. The van der Waals surface area contributed by atoms with E-state index in [1.807, 2.05) is 6.07 Å². The van der Waals surface area contributed by atoms with E-state index in [2.05, 4.69) is 20.2 Å². The number of aromatic amines is 1. The second kappa shape index (κ2) is 6.58. The predicted octanol–water partition coefficient (Wildman–Crippen LogP) is 3.25. The van der Waals surface area contributed by atoms with Crippen molar-refractivity contribution in [3.63, 3.8) is 0 Å². The highest BCUT2D eigenvalue weighted by Gasteiger charge is 2.24. The van der Waals surface area contributed by atoms with Crippen LogP contribution in [0.4, 0.5) is 5.82 Å². The number of aromatic hydroxyl groups is 1. The molecule has 4 aliphatic heterocycles. The van der Waals surface area contributed by atoms with Gasteiger partial charge in [-0.05, 0) is 50.9 Å². The van der Waals surface area contributed by atoms with E-state index in [9.17, 15) is 5.11 Å². The van der Waals surface area contributed by atoms with E-state index in [0.717, 1.165) is 17.3 Å². The van der Waals surface area contributed by atoms with Crippen LogP contribution in [0.2, 0.25) is 0 Å². The second-order valence-electron chi connectivity index (χ2n) is 6.79. The molecule has 130 valence electrons. The van der Waals surface area contributed by atoms with Gasteiger partial charge >= 0.3 is 0 Å². The van der Waals surface area contributed by atoms with Crippen molar-refractivity contribution >= 4 is 34.4 Å². The number of piperidine rings is 3. The van der Waals surface area contributed by atoms with Crippen molar-refractivity contribution in [3.05, 3.63) is 22.5 Å². The minimum absolute atomic E-state index is 0.00870. The van der Waals surface area contributed by atoms with Crippen LogP contribution >= 0.6 is 11.6 Å². The van der Waals surface area contributed by atoms with E-state index in [1.54, 1.807) is 6.08 Å². The predicted molar refractivity (Wildman–Crippen MR) is 98.6 cm³/mol. The van der Waals surface area contributed by atoms with Crippen LogP contribution in [0, 0.1) is 17.2 Å². The van der Waals surface area contributed by atoms with Gasteiger partial charge in [0.1, 0.15) is 11.9 Å². The van der Waals surface area contributed by atoms with Gasteiger partial charge in [0, 0.05) is 10.6 Å². The molecule has 2 aromatic heterocycles. The molecule has 3 saturated heterocycles. The van der Waals surface area contributed by atoms with Gasteiger partial charge in [-0.15, -0.1) is 0 Å². The summed E-state index contributed by atoms with van der Waals surface area (Å²) < 4.78 is 0. The summed E-state index contributed by atoms with van der Waals surface area (Å²) in [6.07, 6.45) is 7.75. The van der Waals surface area contributed by atoms with Crippen molar-refractivity contribution in [1.29, 1.82) is 5.26 Å². The maximum absolute atomic E-state index is 9.98. The molecule has 0 atom stereocenters. The van der Waals surface area contributed by atoms with Gasteiger partial charge in [0.05, 0.1) is 23.6 Å². The van der Waals surface area contributed by atoms with E-state index in [-0.39, 0.29) is 11.4 Å². The lowest BCUT2D eigenvalue weighted by atomic mass is 9.89. The van der Waals surface area contributed by atoms with Crippen molar-refractivity contribution in [2.75, 3.05) is 31.5 Å². The van der Waals surface area contributed by atoms with Gasteiger partial charge in [-0.2, -0.15) is 5.26 Å². The first-order valence-corrected chi connectivity index (χ1v) is 8.99. The number of nitriles is 1. The molecule has 0 unspecified atom stereocenters. The maximum atomic E-state index is 9.98. The summed E-state index contributed by atoms with van der Waals surface area (Å²) >= 11 is 5.95. The normalized spacial score (nSPS) is 23.8. The Morgan fingerprint density at radius 3 is 2.56 bits per heavy atom. The van der Waals surface area contributed by atoms with Gasteiger partial charge in [0.15, 0.2) is 11.4 Å². The molecule has 0 spiro atoms. The first-order valence-electron chi connectivity index (χ1n) is 8.61. The Morgan fingerprint density at radius 2 is 2.00 bits per heavy atom. The van der Waals surface area contributed by atoms with E-state index >= 15 is 0 Å². The van der Waals surface area contributed by atoms with Crippen LogP contribution in [0.15, 0.2) is 11.2 Å². The molecule has 0 radical (unpaired) electrons. The monoisotopic (exact) mass is 357 g/mol. The Hall–Kier alpha value is -2.23. The Labute approximate surface area is 151 Å². The minimum Gasteiger partial charge on any atom is -0.504 e. The highest BCUT2D eigenvalue weighted by molar-refractivity contribution is 6.32. The fraction of sp³-hybridized carbons (Fsp3) is 0.444. The van der Waals surface area contributed by atoms with E-state index in [0.29, 0.717) is 22.5 Å². The number of hydrogen-bond acceptors (Lipinski definition) is 5. The fourth-order valence-corrected chi connectivity index (χ4v) is 3.98. The molecular formula is C18H20ClN5O. The van der Waals surface area contributed by atoms with E-state index < -0.39 is 0 Å². The number of H-pyrrole nitrogens is 1. The first-order chi connectivity index (χ1) is 12.2. The van der Waals surface area contributed by atoms with E-state index in [1.165, 1.54) is 45.1 Å². The lowest BCUT2D eigenvalue weighted by Crippen LogP contribution is -2.41. The van der Waals surface area contributed by atoms with Gasteiger partial charge < -0.3 is 20.3 Å². The maximum Gasteiger partial charge on any atom is 0.183 e. The average Bonchev–Trinajstić information content (AvgIpc) is 3.03. The molecule has 0 amide bonds. The van der Waals surface area contributed by atoms with Gasteiger partial charge in [-0.25, -0.2) is 4.98 Å². The molecule has 0 saturated carbocycles. The number of anilines is 1. The van der Waals surface area contributed by atoms with Crippen LogP contribution in [0.3, 0.4) is 0 Å². The molecule has 2 bridgehead atoms. The zero-order valence-corrected chi connectivity index (χ0v) is 14.6. The lowest BCUT2D eigenvalue weighted by molar-refractivity contribution is 0.111. The Kier molecular flexibility index (Phi) is 4.28. The molecule has 7 heteroatoms.